The van der Waals surface area contributed by atoms with Gasteiger partial charge in [0.1, 0.15) is 5.75 Å². The Morgan fingerprint density at radius 1 is 1.19 bits per heavy atom. The van der Waals surface area contributed by atoms with E-state index in [9.17, 15) is 4.79 Å². The molecule has 8 heteroatoms. The Hall–Kier alpha value is -2.23. The van der Waals surface area contributed by atoms with Crippen LogP contribution in [0.1, 0.15) is 16.1 Å². The number of amides is 1. The molecule has 1 N–H and O–H groups in total. The van der Waals surface area contributed by atoms with E-state index in [4.69, 9.17) is 9.15 Å². The molecule has 0 bridgehead atoms. The van der Waals surface area contributed by atoms with Gasteiger partial charge in [0.15, 0.2) is 11.7 Å². The number of carbonyl (C=O) groups excluding carboxylic acids is 1. The Morgan fingerprint density at radius 2 is 1.93 bits per heavy atom. The second kappa shape index (κ2) is 10.2. The lowest BCUT2D eigenvalue weighted by Crippen LogP contribution is -2.53. The minimum absolute atomic E-state index is 0. The molecule has 0 spiro atoms. The molecule has 1 fully saturated rings. The molecule has 7 nitrogen and oxygen atoms in total. The van der Waals surface area contributed by atoms with Crippen LogP contribution < -0.4 is 10.1 Å². The second-order valence-electron chi connectivity index (χ2n) is 6.01. The lowest BCUT2D eigenvalue weighted by atomic mass is 10.2. The van der Waals surface area contributed by atoms with Gasteiger partial charge in [-0.15, -0.1) is 24.0 Å². The number of ether oxygens (including phenoxy) is 1. The minimum Gasteiger partial charge on any atom is -0.497 e. The van der Waals surface area contributed by atoms with E-state index in [0.717, 1.165) is 30.4 Å². The van der Waals surface area contributed by atoms with E-state index >= 15 is 0 Å². The highest BCUT2D eigenvalue weighted by Gasteiger charge is 2.25. The Balaban J connectivity index is 0.00000261. The van der Waals surface area contributed by atoms with Crippen LogP contribution in [0.25, 0.3) is 0 Å². The van der Waals surface area contributed by atoms with Crippen molar-refractivity contribution in [2.45, 2.75) is 6.54 Å². The van der Waals surface area contributed by atoms with Crippen molar-refractivity contribution in [1.29, 1.82) is 0 Å². The van der Waals surface area contributed by atoms with Crippen LogP contribution in [0.15, 0.2) is 52.1 Å². The summed E-state index contributed by atoms with van der Waals surface area (Å²) >= 11 is 0. The Bertz CT molecular complexity index is 756. The van der Waals surface area contributed by atoms with Gasteiger partial charge in [-0.3, -0.25) is 9.79 Å². The molecule has 1 saturated heterocycles. The van der Waals surface area contributed by atoms with Crippen LogP contribution in [-0.4, -0.2) is 62.0 Å². The Morgan fingerprint density at radius 3 is 2.56 bits per heavy atom. The van der Waals surface area contributed by atoms with Crippen molar-refractivity contribution in [3.8, 4) is 5.75 Å². The number of hydrogen-bond acceptors (Lipinski definition) is 4. The summed E-state index contributed by atoms with van der Waals surface area (Å²) in [6, 6.07) is 11.4. The number of methoxy groups -OCH3 is 1. The highest BCUT2D eigenvalue weighted by molar-refractivity contribution is 14.0. The van der Waals surface area contributed by atoms with E-state index in [2.05, 4.69) is 15.2 Å². The number of benzene rings is 1. The SMILES string of the molecule is CN=C(NCc1cccc(OC)c1)N1CCN(C(=O)c2ccco2)CC1.I. The molecule has 0 aliphatic carbocycles. The van der Waals surface area contributed by atoms with Crippen LogP contribution >= 0.6 is 24.0 Å². The van der Waals surface area contributed by atoms with Crippen molar-refractivity contribution in [3.63, 3.8) is 0 Å². The molecule has 1 aromatic carbocycles. The Kier molecular flexibility index (Phi) is 7.96. The predicted molar refractivity (Wildman–Crippen MR) is 115 cm³/mol. The van der Waals surface area contributed by atoms with Gasteiger partial charge in [-0.2, -0.15) is 0 Å². The molecule has 1 amide bonds. The van der Waals surface area contributed by atoms with Crippen LogP contribution in [0.3, 0.4) is 0 Å². The average molecular weight is 484 g/mol. The first-order valence-electron chi connectivity index (χ1n) is 8.62. The fourth-order valence-electron chi connectivity index (χ4n) is 2.97. The molecule has 0 atom stereocenters. The molecular weight excluding hydrogens is 459 g/mol. The van der Waals surface area contributed by atoms with Crippen molar-refractivity contribution in [2.75, 3.05) is 40.3 Å². The normalized spacial score (nSPS) is 14.5. The summed E-state index contributed by atoms with van der Waals surface area (Å²) in [5.41, 5.74) is 1.12. The minimum atomic E-state index is -0.0611. The molecule has 2 heterocycles. The van der Waals surface area contributed by atoms with E-state index < -0.39 is 0 Å². The third kappa shape index (κ3) is 5.38. The zero-order valence-corrected chi connectivity index (χ0v) is 17.9. The molecule has 27 heavy (non-hydrogen) atoms. The molecule has 3 rings (SSSR count). The largest absolute Gasteiger partial charge is 0.497 e. The first kappa shape index (κ1) is 21.1. The van der Waals surface area contributed by atoms with Crippen molar-refractivity contribution >= 4 is 35.8 Å². The highest BCUT2D eigenvalue weighted by atomic mass is 127. The zero-order chi connectivity index (χ0) is 18.4. The standard InChI is InChI=1S/C19H24N4O3.HI/c1-20-19(21-14-15-5-3-6-16(13-15)25-2)23-10-8-22(9-11-23)18(24)17-7-4-12-26-17;/h3-7,12-13H,8-11,14H2,1-2H3,(H,20,21);1H. The van der Waals surface area contributed by atoms with E-state index in [-0.39, 0.29) is 29.9 Å². The van der Waals surface area contributed by atoms with E-state index in [1.165, 1.54) is 6.26 Å². The Labute approximate surface area is 176 Å². The quantitative estimate of drug-likeness (QED) is 0.410. The summed E-state index contributed by atoms with van der Waals surface area (Å²) in [6.45, 7) is 3.39. The van der Waals surface area contributed by atoms with Crippen molar-refractivity contribution in [1.82, 2.24) is 15.1 Å². The lowest BCUT2D eigenvalue weighted by molar-refractivity contribution is 0.0657. The molecule has 2 aromatic rings. The molecule has 0 unspecified atom stereocenters. The van der Waals surface area contributed by atoms with Gasteiger partial charge in [0.25, 0.3) is 5.91 Å². The lowest BCUT2D eigenvalue weighted by Gasteiger charge is -2.36. The maximum Gasteiger partial charge on any atom is 0.289 e. The molecule has 1 aromatic heterocycles. The van der Waals surface area contributed by atoms with Gasteiger partial charge in [-0.1, -0.05) is 12.1 Å². The third-order valence-corrected chi connectivity index (χ3v) is 4.39. The topological polar surface area (TPSA) is 70.3 Å². The fourth-order valence-corrected chi connectivity index (χ4v) is 2.97. The van der Waals surface area contributed by atoms with Gasteiger partial charge in [-0.05, 0) is 29.8 Å². The summed E-state index contributed by atoms with van der Waals surface area (Å²) in [5.74, 6) is 2.00. The summed E-state index contributed by atoms with van der Waals surface area (Å²) in [7, 11) is 3.43. The summed E-state index contributed by atoms with van der Waals surface area (Å²) in [4.78, 5) is 20.7. The average Bonchev–Trinajstić information content (AvgIpc) is 3.23. The second-order valence-corrected chi connectivity index (χ2v) is 6.01. The van der Waals surface area contributed by atoms with Gasteiger partial charge in [0, 0.05) is 39.8 Å². The number of guanidine groups is 1. The highest BCUT2D eigenvalue weighted by Crippen LogP contribution is 2.13. The van der Waals surface area contributed by atoms with E-state index in [1.807, 2.05) is 29.2 Å². The van der Waals surface area contributed by atoms with Gasteiger partial charge in [0.05, 0.1) is 13.4 Å². The van der Waals surface area contributed by atoms with Gasteiger partial charge in [0.2, 0.25) is 0 Å². The van der Waals surface area contributed by atoms with E-state index in [1.54, 1.807) is 26.3 Å². The molecule has 1 aliphatic heterocycles. The summed E-state index contributed by atoms with van der Waals surface area (Å²) < 4.78 is 10.5. The van der Waals surface area contributed by atoms with Crippen molar-refractivity contribution < 1.29 is 13.9 Å². The smallest absolute Gasteiger partial charge is 0.289 e. The number of aliphatic imine (C=N–C) groups is 1. The number of piperazine rings is 1. The molecular formula is C19H25IN4O3. The number of carbonyl (C=O) groups is 1. The van der Waals surface area contributed by atoms with Crippen LogP contribution in [0.4, 0.5) is 0 Å². The number of nitrogens with zero attached hydrogens (tertiary/aromatic N) is 3. The van der Waals surface area contributed by atoms with Gasteiger partial charge in [-0.25, -0.2) is 0 Å². The monoisotopic (exact) mass is 484 g/mol. The predicted octanol–water partition coefficient (Wildman–Crippen LogP) is 2.44. The van der Waals surface area contributed by atoms with Crippen LogP contribution in [-0.2, 0) is 6.54 Å². The number of furan rings is 1. The van der Waals surface area contributed by atoms with Crippen molar-refractivity contribution in [2.24, 2.45) is 4.99 Å². The maximum atomic E-state index is 12.3. The number of nitrogens with one attached hydrogen (secondary N) is 1. The number of hydrogen-bond donors (Lipinski definition) is 1. The first-order valence-corrected chi connectivity index (χ1v) is 8.62. The number of rotatable bonds is 4. The molecule has 1 aliphatic rings. The zero-order valence-electron chi connectivity index (χ0n) is 15.6. The van der Waals surface area contributed by atoms with Crippen LogP contribution in [0, 0.1) is 0 Å². The van der Waals surface area contributed by atoms with E-state index in [0.29, 0.717) is 25.4 Å². The van der Waals surface area contributed by atoms with Gasteiger partial charge < -0.3 is 24.3 Å². The molecule has 0 saturated carbocycles. The van der Waals surface area contributed by atoms with Gasteiger partial charge >= 0.3 is 0 Å². The number of halogens is 1. The summed E-state index contributed by atoms with van der Waals surface area (Å²) in [5, 5.41) is 3.38. The molecule has 0 radical (unpaired) electrons. The fraction of sp³-hybridized carbons (Fsp3) is 0.368. The summed E-state index contributed by atoms with van der Waals surface area (Å²) in [6.07, 6.45) is 1.52. The van der Waals surface area contributed by atoms with Crippen LogP contribution in [0.5, 0.6) is 5.75 Å². The maximum absolute atomic E-state index is 12.3. The first-order chi connectivity index (χ1) is 12.7. The van der Waals surface area contributed by atoms with Crippen molar-refractivity contribution in [3.05, 3.63) is 54.0 Å². The van der Waals surface area contributed by atoms with Crippen LogP contribution in [0.2, 0.25) is 0 Å². The third-order valence-electron chi connectivity index (χ3n) is 4.39. The molecule has 146 valence electrons.